The number of halogens is 2. The molecule has 4 heteroatoms. The van der Waals surface area contributed by atoms with Crippen molar-refractivity contribution in [2.24, 2.45) is 5.92 Å². The third kappa shape index (κ3) is 6.35. The Balaban J connectivity index is 0.000000772. The van der Waals surface area contributed by atoms with Crippen molar-refractivity contribution in [3.05, 3.63) is 144 Å². The van der Waals surface area contributed by atoms with Gasteiger partial charge in [0.15, 0.2) is 0 Å². The van der Waals surface area contributed by atoms with Crippen LogP contribution in [0.25, 0.3) is 60.3 Å². The first-order chi connectivity index (χ1) is 21.1. The molecular formula is C42H37Cl2SiZr. The van der Waals surface area contributed by atoms with Crippen LogP contribution < -0.4 is 24.8 Å². The van der Waals surface area contributed by atoms with Gasteiger partial charge in [-0.25, -0.2) is 0 Å². The Morgan fingerprint density at radius 2 is 1.22 bits per heavy atom. The molecule has 3 radical (unpaired) electrons. The predicted molar refractivity (Wildman–Crippen MR) is 191 cm³/mol. The van der Waals surface area contributed by atoms with Crippen molar-refractivity contribution >= 4 is 58.7 Å². The maximum Gasteiger partial charge on any atom is 3.00 e. The van der Waals surface area contributed by atoms with Gasteiger partial charge in [-0.1, -0.05) is 147 Å². The maximum atomic E-state index is 2.53. The minimum absolute atomic E-state index is 0. The molecule has 0 saturated carbocycles. The van der Waals surface area contributed by atoms with Crippen LogP contribution in [-0.4, -0.2) is 9.52 Å². The van der Waals surface area contributed by atoms with Crippen LogP contribution in [0.4, 0.5) is 0 Å². The smallest absolute Gasteiger partial charge is 1.00 e. The van der Waals surface area contributed by atoms with Crippen molar-refractivity contribution in [1.29, 1.82) is 0 Å². The van der Waals surface area contributed by atoms with Crippen molar-refractivity contribution in [3.8, 4) is 11.1 Å². The van der Waals surface area contributed by atoms with Crippen molar-refractivity contribution in [2.75, 3.05) is 0 Å². The van der Waals surface area contributed by atoms with Gasteiger partial charge in [-0.15, -0.1) is 33.7 Å². The Hall–Kier alpha value is -2.87. The second-order valence-corrected chi connectivity index (χ2v) is 13.3. The predicted octanol–water partition coefficient (Wildman–Crippen LogP) is 6.05. The molecule has 0 aromatic heterocycles. The SMILES string of the molecule is CC(C)CC1=Cc2c(-c3cc4ccccc4c4ccccc34)cccc2C1c1cccc2c1[cH-]c1ccccc12.C[Si]C.[Cl-].[Cl-].[Zr+3]. The molecule has 0 saturated heterocycles. The van der Waals surface area contributed by atoms with Crippen LogP contribution in [0.5, 0.6) is 0 Å². The average Bonchev–Trinajstić information content (AvgIpc) is 3.59. The molecule has 1 unspecified atom stereocenters. The van der Waals surface area contributed by atoms with Gasteiger partial charge < -0.3 is 24.8 Å². The molecular weight excluding hydrogens is 695 g/mol. The third-order valence-corrected chi connectivity index (χ3v) is 8.86. The number of allylic oxidation sites excluding steroid dienone is 1. The van der Waals surface area contributed by atoms with Gasteiger partial charge in [0.05, 0.1) is 0 Å². The molecule has 0 heterocycles. The molecule has 46 heavy (non-hydrogen) atoms. The second kappa shape index (κ2) is 15.4. The summed E-state index contributed by atoms with van der Waals surface area (Å²) >= 11 is 0. The zero-order valence-corrected chi connectivity index (χ0v) is 31.7. The van der Waals surface area contributed by atoms with E-state index in [2.05, 4.69) is 154 Å². The van der Waals surface area contributed by atoms with Crippen molar-refractivity contribution in [2.45, 2.75) is 39.3 Å². The van der Waals surface area contributed by atoms with Gasteiger partial charge in [0.2, 0.25) is 0 Å². The van der Waals surface area contributed by atoms with Gasteiger partial charge in [0.25, 0.3) is 0 Å². The standard InChI is InChI=1S/C40H31.C2H6Si.2ClH.Zr/c1-25(2)21-28-24-39-34(37-22-26-11-3-5-13-29(26)31-15-7-8-16-33(31)37)18-10-20-36(39)40(28)35-19-9-17-32-30-14-6-4-12-27(30)23-38(32)35;1-3-2;;;/h3-20,22-25,40H,21H2,1-2H3;1-2H3;2*1H;/q-1;;;;+3/p-2. The number of hydrogen-bond acceptors (Lipinski definition) is 0. The van der Waals surface area contributed by atoms with Crippen LogP contribution in [0.2, 0.25) is 13.1 Å². The Morgan fingerprint density at radius 3 is 1.96 bits per heavy atom. The van der Waals surface area contributed by atoms with Crippen LogP contribution in [0.15, 0.2) is 127 Å². The number of rotatable bonds is 4. The van der Waals surface area contributed by atoms with Gasteiger partial charge in [-0.3, -0.25) is 0 Å². The molecule has 7 aromatic carbocycles. The summed E-state index contributed by atoms with van der Waals surface area (Å²) in [7, 11) is 1.08. The fourth-order valence-corrected chi connectivity index (χ4v) is 7.25. The van der Waals surface area contributed by atoms with E-state index in [0.717, 1.165) is 15.9 Å². The summed E-state index contributed by atoms with van der Waals surface area (Å²) in [6, 6.07) is 45.2. The normalized spacial score (nSPS) is 13.4. The Labute approximate surface area is 307 Å². The molecule has 0 aliphatic heterocycles. The van der Waals surface area contributed by atoms with E-state index in [4.69, 9.17) is 0 Å². The molecule has 1 aliphatic rings. The van der Waals surface area contributed by atoms with Crippen molar-refractivity contribution in [1.82, 2.24) is 0 Å². The molecule has 227 valence electrons. The molecule has 7 aromatic rings. The van der Waals surface area contributed by atoms with Crippen LogP contribution in [-0.2, 0) is 26.2 Å². The van der Waals surface area contributed by atoms with E-state index >= 15 is 0 Å². The summed E-state index contributed by atoms with van der Waals surface area (Å²) in [5.41, 5.74) is 8.44. The Kier molecular flexibility index (Phi) is 12.0. The van der Waals surface area contributed by atoms with E-state index in [1.54, 1.807) is 0 Å². The van der Waals surface area contributed by atoms with E-state index in [9.17, 15) is 0 Å². The number of fused-ring (bicyclic) bond motifs is 7. The molecule has 0 amide bonds. The number of benzene rings is 6. The second-order valence-electron chi connectivity index (χ2n) is 12.3. The van der Waals surface area contributed by atoms with Crippen molar-refractivity contribution in [3.63, 3.8) is 0 Å². The van der Waals surface area contributed by atoms with E-state index in [1.165, 1.54) is 76.5 Å². The molecule has 8 rings (SSSR count). The molecule has 1 atom stereocenters. The molecule has 0 bridgehead atoms. The zero-order valence-electron chi connectivity index (χ0n) is 26.7. The third-order valence-electron chi connectivity index (χ3n) is 8.86. The summed E-state index contributed by atoms with van der Waals surface area (Å²) < 4.78 is 0. The van der Waals surface area contributed by atoms with Crippen LogP contribution in [0, 0.1) is 5.92 Å². The van der Waals surface area contributed by atoms with Crippen LogP contribution in [0.3, 0.4) is 0 Å². The largest absolute Gasteiger partial charge is 3.00 e. The van der Waals surface area contributed by atoms with Crippen LogP contribution in [0.1, 0.15) is 42.9 Å². The fraction of sp³-hybridized carbons (Fsp3) is 0.167. The topological polar surface area (TPSA) is 0 Å². The molecule has 0 N–H and O–H groups in total. The summed E-state index contributed by atoms with van der Waals surface area (Å²) in [5, 5.41) is 10.7. The summed E-state index contributed by atoms with van der Waals surface area (Å²) in [6.45, 7) is 8.99. The van der Waals surface area contributed by atoms with E-state index in [-0.39, 0.29) is 56.9 Å². The van der Waals surface area contributed by atoms with Gasteiger partial charge in [-0.05, 0) is 62.2 Å². The van der Waals surface area contributed by atoms with Crippen molar-refractivity contribution < 1.29 is 51.0 Å². The summed E-state index contributed by atoms with van der Waals surface area (Å²) in [5.74, 6) is 0.857. The first kappa shape index (κ1) is 36.0. The monoisotopic (exact) mass is 729 g/mol. The average molecular weight is 732 g/mol. The number of hydrogen-bond donors (Lipinski definition) is 0. The molecule has 0 fully saturated rings. The van der Waals surface area contributed by atoms with E-state index in [1.807, 2.05) is 0 Å². The van der Waals surface area contributed by atoms with E-state index < -0.39 is 0 Å². The van der Waals surface area contributed by atoms with Gasteiger partial charge in [0.1, 0.15) is 0 Å². The Bertz CT molecular complexity index is 2160. The molecule has 0 spiro atoms. The van der Waals surface area contributed by atoms with E-state index in [0.29, 0.717) is 5.92 Å². The first-order valence-corrected chi connectivity index (χ1v) is 17.5. The fourth-order valence-electron chi connectivity index (χ4n) is 7.25. The maximum absolute atomic E-state index is 2.53. The van der Waals surface area contributed by atoms with Gasteiger partial charge >= 0.3 is 26.2 Å². The van der Waals surface area contributed by atoms with Gasteiger partial charge in [0, 0.05) is 15.4 Å². The Morgan fingerprint density at radius 1 is 0.630 bits per heavy atom. The van der Waals surface area contributed by atoms with Gasteiger partial charge in [-0.2, -0.15) is 0 Å². The zero-order chi connectivity index (χ0) is 29.5. The molecule has 0 nitrogen and oxygen atoms in total. The molecule has 1 aliphatic carbocycles. The summed E-state index contributed by atoms with van der Waals surface area (Å²) in [4.78, 5) is 0. The van der Waals surface area contributed by atoms with Crippen LogP contribution >= 0.6 is 0 Å². The quantitative estimate of drug-likeness (QED) is 0.118. The minimum Gasteiger partial charge on any atom is -1.00 e. The first-order valence-electron chi connectivity index (χ1n) is 15.5. The minimum atomic E-state index is 0. The summed E-state index contributed by atoms with van der Waals surface area (Å²) in [6.07, 6.45) is 3.62.